The second kappa shape index (κ2) is 9.05. The minimum Gasteiger partial charge on any atom is -0.493 e. The number of aromatic nitrogens is 6. The first-order valence-electron chi connectivity index (χ1n) is 11.0. The number of hydrogen-bond acceptors (Lipinski definition) is 8. The van der Waals surface area contributed by atoms with Crippen molar-refractivity contribution in [1.29, 1.82) is 0 Å². The first kappa shape index (κ1) is 22.3. The van der Waals surface area contributed by atoms with Crippen LogP contribution in [0, 0.1) is 20.8 Å². The highest BCUT2D eigenvalue weighted by atomic mass is 16.6. The van der Waals surface area contributed by atoms with E-state index in [2.05, 4.69) is 38.6 Å². The average Bonchev–Trinajstić information content (AvgIpc) is 3.39. The van der Waals surface area contributed by atoms with E-state index >= 15 is 0 Å². The SMILES string of the molecule is COc1ccc(C=NOCc2nc3c4c(C)c(C)n(-c5cccc(C)n5)c4ncn3n2)cc1OC. The van der Waals surface area contributed by atoms with Crippen LogP contribution in [0.4, 0.5) is 0 Å². The van der Waals surface area contributed by atoms with Crippen molar-refractivity contribution in [3.8, 4) is 17.3 Å². The quantitative estimate of drug-likeness (QED) is 0.262. The summed E-state index contributed by atoms with van der Waals surface area (Å²) in [6.45, 7) is 6.21. The lowest BCUT2D eigenvalue weighted by atomic mass is 10.2. The molecule has 0 saturated carbocycles. The molecule has 0 spiro atoms. The van der Waals surface area contributed by atoms with Crippen LogP contribution in [-0.2, 0) is 11.4 Å². The highest BCUT2D eigenvalue weighted by molar-refractivity contribution is 5.94. The third-order valence-corrected chi connectivity index (χ3v) is 5.86. The molecule has 0 aliphatic carbocycles. The molecule has 5 rings (SSSR count). The lowest BCUT2D eigenvalue weighted by molar-refractivity contribution is 0.126. The first-order valence-corrected chi connectivity index (χ1v) is 11.0. The summed E-state index contributed by atoms with van der Waals surface area (Å²) in [6.07, 6.45) is 3.26. The van der Waals surface area contributed by atoms with Crippen LogP contribution in [0.25, 0.3) is 22.5 Å². The third kappa shape index (κ3) is 4.03. The highest BCUT2D eigenvalue weighted by Crippen LogP contribution is 2.29. The van der Waals surface area contributed by atoms with E-state index in [1.54, 1.807) is 31.3 Å². The monoisotopic (exact) mass is 471 g/mol. The van der Waals surface area contributed by atoms with E-state index in [1.165, 1.54) is 0 Å². The second-order valence-electron chi connectivity index (χ2n) is 8.04. The van der Waals surface area contributed by atoms with Gasteiger partial charge >= 0.3 is 0 Å². The van der Waals surface area contributed by atoms with Crippen molar-refractivity contribution >= 4 is 22.9 Å². The normalized spacial score (nSPS) is 11.6. The Labute approximate surface area is 201 Å². The molecule has 0 bridgehead atoms. The van der Waals surface area contributed by atoms with E-state index in [0.717, 1.165) is 39.4 Å². The zero-order valence-electron chi connectivity index (χ0n) is 20.2. The summed E-state index contributed by atoms with van der Waals surface area (Å²) in [5.74, 6) is 2.60. The maximum Gasteiger partial charge on any atom is 0.192 e. The van der Waals surface area contributed by atoms with Crippen molar-refractivity contribution in [1.82, 2.24) is 29.1 Å². The first-order chi connectivity index (χ1) is 17.0. The van der Waals surface area contributed by atoms with E-state index in [-0.39, 0.29) is 6.61 Å². The summed E-state index contributed by atoms with van der Waals surface area (Å²) in [5.41, 5.74) is 5.39. The van der Waals surface area contributed by atoms with Crippen LogP contribution < -0.4 is 9.47 Å². The summed E-state index contributed by atoms with van der Waals surface area (Å²) in [5, 5.41) is 9.48. The number of nitrogens with zero attached hydrogens (tertiary/aromatic N) is 7. The Kier molecular flexibility index (Phi) is 5.77. The van der Waals surface area contributed by atoms with Gasteiger partial charge in [-0.05, 0) is 56.7 Å². The molecule has 0 unspecified atom stereocenters. The molecule has 0 saturated heterocycles. The Morgan fingerprint density at radius 1 is 0.971 bits per heavy atom. The van der Waals surface area contributed by atoms with Gasteiger partial charge in [0, 0.05) is 17.0 Å². The maximum absolute atomic E-state index is 5.46. The predicted octanol–water partition coefficient (Wildman–Crippen LogP) is 3.96. The molecule has 1 aromatic carbocycles. The van der Waals surface area contributed by atoms with Crippen LogP contribution in [0.3, 0.4) is 0 Å². The Morgan fingerprint density at radius 2 is 1.80 bits per heavy atom. The minimum atomic E-state index is 0.116. The third-order valence-electron chi connectivity index (χ3n) is 5.86. The van der Waals surface area contributed by atoms with Gasteiger partial charge in [-0.25, -0.2) is 19.5 Å². The van der Waals surface area contributed by atoms with Crippen molar-refractivity contribution in [3.63, 3.8) is 0 Å². The number of pyridine rings is 1. The molecule has 178 valence electrons. The number of rotatable bonds is 7. The summed E-state index contributed by atoms with van der Waals surface area (Å²) < 4.78 is 14.3. The summed E-state index contributed by atoms with van der Waals surface area (Å²) in [6, 6.07) is 11.4. The molecule has 0 aliphatic rings. The summed E-state index contributed by atoms with van der Waals surface area (Å²) in [4.78, 5) is 19.5. The van der Waals surface area contributed by atoms with Crippen molar-refractivity contribution in [2.24, 2.45) is 5.16 Å². The van der Waals surface area contributed by atoms with Gasteiger partial charge in [0.2, 0.25) is 0 Å². The van der Waals surface area contributed by atoms with E-state index in [1.807, 2.05) is 43.3 Å². The number of fused-ring (bicyclic) bond motifs is 3. The van der Waals surface area contributed by atoms with E-state index in [4.69, 9.17) is 19.3 Å². The average molecular weight is 472 g/mol. The zero-order valence-corrected chi connectivity index (χ0v) is 20.2. The minimum absolute atomic E-state index is 0.116. The van der Waals surface area contributed by atoms with Gasteiger partial charge in [0.25, 0.3) is 0 Å². The van der Waals surface area contributed by atoms with Crippen molar-refractivity contribution in [2.45, 2.75) is 27.4 Å². The number of oxime groups is 1. The van der Waals surface area contributed by atoms with Gasteiger partial charge in [-0.15, -0.1) is 5.10 Å². The van der Waals surface area contributed by atoms with Crippen LogP contribution in [0.1, 0.15) is 28.3 Å². The summed E-state index contributed by atoms with van der Waals surface area (Å²) in [7, 11) is 3.18. The molecule has 4 heterocycles. The number of hydrogen-bond donors (Lipinski definition) is 0. The smallest absolute Gasteiger partial charge is 0.192 e. The number of ether oxygens (including phenoxy) is 2. The Hall–Kier alpha value is -4.47. The Morgan fingerprint density at radius 3 is 2.57 bits per heavy atom. The fraction of sp³-hybridized carbons (Fsp3) is 0.240. The molecule has 4 aromatic heterocycles. The number of benzene rings is 1. The summed E-state index contributed by atoms with van der Waals surface area (Å²) >= 11 is 0. The topological polar surface area (TPSA) is 101 Å². The maximum atomic E-state index is 5.46. The second-order valence-corrected chi connectivity index (χ2v) is 8.04. The lowest BCUT2D eigenvalue weighted by Gasteiger charge is -2.07. The number of methoxy groups -OCH3 is 2. The van der Waals surface area contributed by atoms with Crippen LogP contribution in [0.5, 0.6) is 11.5 Å². The molecular formula is C25H25N7O3. The highest BCUT2D eigenvalue weighted by Gasteiger charge is 2.19. The molecule has 10 nitrogen and oxygen atoms in total. The molecule has 0 aliphatic heterocycles. The lowest BCUT2D eigenvalue weighted by Crippen LogP contribution is -2.02. The van der Waals surface area contributed by atoms with Gasteiger partial charge < -0.3 is 14.3 Å². The van der Waals surface area contributed by atoms with Crippen LogP contribution in [-0.4, -0.2) is 49.6 Å². The molecule has 0 radical (unpaired) electrons. The van der Waals surface area contributed by atoms with E-state index < -0.39 is 0 Å². The molecule has 0 N–H and O–H groups in total. The van der Waals surface area contributed by atoms with Crippen molar-refractivity contribution < 1.29 is 14.3 Å². The molecule has 0 fully saturated rings. The molecule has 5 aromatic rings. The van der Waals surface area contributed by atoms with E-state index in [0.29, 0.717) is 23.0 Å². The molecular weight excluding hydrogens is 446 g/mol. The fourth-order valence-electron chi connectivity index (χ4n) is 4.03. The molecule has 10 heteroatoms. The van der Waals surface area contributed by atoms with Crippen LogP contribution >= 0.6 is 0 Å². The number of aryl methyl sites for hydroxylation is 2. The fourth-order valence-corrected chi connectivity index (χ4v) is 4.03. The van der Waals surface area contributed by atoms with Crippen molar-refractivity contribution in [2.75, 3.05) is 14.2 Å². The van der Waals surface area contributed by atoms with Crippen LogP contribution in [0.15, 0.2) is 47.9 Å². The standard InChI is InChI=1S/C25H25N7O3/c1-15-7-6-8-22(28-15)32-17(3)16(2)23-24(32)26-14-31-25(23)29-21(30-31)13-35-27-12-18-9-10-19(33-4)20(11-18)34-5/h6-12,14H,13H2,1-5H3. The largest absolute Gasteiger partial charge is 0.493 e. The Bertz CT molecular complexity index is 1570. The van der Waals surface area contributed by atoms with Gasteiger partial charge in [0.1, 0.15) is 12.1 Å². The molecule has 0 atom stereocenters. The van der Waals surface area contributed by atoms with Gasteiger partial charge in [0.05, 0.1) is 25.8 Å². The zero-order chi connectivity index (χ0) is 24.5. The van der Waals surface area contributed by atoms with Gasteiger partial charge in [-0.2, -0.15) is 0 Å². The Balaban J connectivity index is 1.42. The van der Waals surface area contributed by atoms with Crippen LogP contribution in [0.2, 0.25) is 0 Å². The van der Waals surface area contributed by atoms with Crippen molar-refractivity contribution in [3.05, 3.63) is 71.1 Å². The van der Waals surface area contributed by atoms with Gasteiger partial charge in [-0.3, -0.25) is 4.57 Å². The molecule has 0 amide bonds. The van der Waals surface area contributed by atoms with Gasteiger partial charge in [-0.1, -0.05) is 11.2 Å². The van der Waals surface area contributed by atoms with Gasteiger partial charge in [0.15, 0.2) is 35.2 Å². The predicted molar refractivity (Wildman–Crippen MR) is 132 cm³/mol. The molecule has 35 heavy (non-hydrogen) atoms. The van der Waals surface area contributed by atoms with E-state index in [9.17, 15) is 0 Å².